The minimum Gasteiger partial charge on any atom is -0.374 e. The summed E-state index contributed by atoms with van der Waals surface area (Å²) in [4.78, 5) is 19.5. The van der Waals surface area contributed by atoms with Crippen molar-refractivity contribution in [3.05, 3.63) is 76.9 Å². The molecule has 0 spiro atoms. The maximum absolute atomic E-state index is 15.0. The lowest BCUT2D eigenvalue weighted by Crippen LogP contribution is -2.43. The highest BCUT2D eigenvalue weighted by atomic mass is 19.2. The largest absolute Gasteiger partial charge is 0.374 e. The summed E-state index contributed by atoms with van der Waals surface area (Å²) in [6.45, 7) is 1.94. The van der Waals surface area contributed by atoms with Crippen LogP contribution in [0.15, 0.2) is 70.8 Å². The molecule has 1 fully saturated rings. The third kappa shape index (κ3) is 4.99. The number of fused-ring (bicyclic) bond motifs is 1. The van der Waals surface area contributed by atoms with E-state index < -0.39 is 18.1 Å². The fourth-order valence-electron chi connectivity index (χ4n) is 5.68. The minimum absolute atomic E-state index is 0.0303. The highest BCUT2D eigenvalue weighted by molar-refractivity contribution is 6.00. The van der Waals surface area contributed by atoms with Crippen molar-refractivity contribution in [2.24, 2.45) is 10.9 Å². The van der Waals surface area contributed by atoms with Gasteiger partial charge in [-0.25, -0.2) is 8.78 Å². The number of ether oxygens (including phenoxy) is 1. The molecule has 1 saturated carbocycles. The maximum Gasteiger partial charge on any atom is 0.251 e. The Bertz CT molecular complexity index is 1210. The number of hydrogen-bond acceptors (Lipinski definition) is 5. The maximum atomic E-state index is 15.0. The standard InChI is InChI=1S/C29H34F2N4O2/c1-17-15-19(10-11-20(17)29(36)34-18-7-4-5-8-18)33-28-27-22(9-6-14-35(28)2)23(16-32-27)21-12-13-24(37-3)26(31)25(21)30/h6,10-16,18,22,24,26,28,33H,4-5,7-9H2,1-3H3,(H,34,36). The van der Waals surface area contributed by atoms with Crippen LogP contribution in [0.5, 0.6) is 0 Å². The normalized spacial score (nSPS) is 27.6. The molecule has 0 radical (unpaired) electrons. The van der Waals surface area contributed by atoms with E-state index in [4.69, 9.17) is 4.74 Å². The first-order valence-corrected chi connectivity index (χ1v) is 13.0. The Hall–Kier alpha value is -3.26. The molecule has 1 amide bonds. The van der Waals surface area contributed by atoms with Crippen molar-refractivity contribution in [3.63, 3.8) is 0 Å². The van der Waals surface area contributed by atoms with Gasteiger partial charge in [-0.15, -0.1) is 0 Å². The van der Waals surface area contributed by atoms with Gasteiger partial charge >= 0.3 is 0 Å². The summed E-state index contributed by atoms with van der Waals surface area (Å²) >= 11 is 0. The number of benzene rings is 1. The summed E-state index contributed by atoms with van der Waals surface area (Å²) in [5.41, 5.74) is 4.16. The molecular weight excluding hydrogens is 474 g/mol. The Kier molecular flexibility index (Phi) is 7.29. The molecule has 2 aliphatic carbocycles. The first-order valence-electron chi connectivity index (χ1n) is 13.0. The van der Waals surface area contributed by atoms with Gasteiger partial charge in [-0.3, -0.25) is 9.79 Å². The number of allylic oxidation sites excluding steroid dienone is 4. The van der Waals surface area contributed by atoms with Crippen LogP contribution in [-0.4, -0.2) is 55.2 Å². The highest BCUT2D eigenvalue weighted by Gasteiger charge is 2.38. The predicted molar refractivity (Wildman–Crippen MR) is 142 cm³/mol. The number of amides is 1. The fourth-order valence-corrected chi connectivity index (χ4v) is 5.68. The summed E-state index contributed by atoms with van der Waals surface area (Å²) in [5.74, 6) is -1.03. The third-order valence-corrected chi connectivity index (χ3v) is 7.77. The van der Waals surface area contributed by atoms with E-state index in [9.17, 15) is 13.6 Å². The number of rotatable bonds is 6. The Morgan fingerprint density at radius 3 is 2.76 bits per heavy atom. The molecule has 196 valence electrons. The van der Waals surface area contributed by atoms with E-state index in [1.807, 2.05) is 49.3 Å². The van der Waals surface area contributed by atoms with Crippen LogP contribution < -0.4 is 10.6 Å². The van der Waals surface area contributed by atoms with Gasteiger partial charge in [0.1, 0.15) is 18.1 Å². The zero-order chi connectivity index (χ0) is 26.1. The molecule has 4 aliphatic rings. The zero-order valence-corrected chi connectivity index (χ0v) is 21.5. The second kappa shape index (κ2) is 10.6. The van der Waals surface area contributed by atoms with Crippen molar-refractivity contribution in [1.82, 2.24) is 10.2 Å². The number of alkyl halides is 1. The number of anilines is 1. The van der Waals surface area contributed by atoms with E-state index in [0.717, 1.165) is 29.8 Å². The molecule has 5 rings (SSSR count). The van der Waals surface area contributed by atoms with Crippen LogP contribution >= 0.6 is 0 Å². The number of carbonyl (C=O) groups is 1. The van der Waals surface area contributed by atoms with Crippen LogP contribution in [0.2, 0.25) is 0 Å². The van der Waals surface area contributed by atoms with Crippen molar-refractivity contribution in [3.8, 4) is 0 Å². The van der Waals surface area contributed by atoms with Gasteiger partial charge < -0.3 is 20.3 Å². The van der Waals surface area contributed by atoms with E-state index in [0.29, 0.717) is 17.6 Å². The van der Waals surface area contributed by atoms with Crippen molar-refractivity contribution >= 4 is 17.3 Å². The molecule has 2 aliphatic heterocycles. The summed E-state index contributed by atoms with van der Waals surface area (Å²) in [5, 5.41) is 6.69. The molecule has 6 nitrogen and oxygen atoms in total. The molecule has 4 atom stereocenters. The average molecular weight is 509 g/mol. The molecule has 4 unspecified atom stereocenters. The van der Waals surface area contributed by atoms with Crippen LogP contribution in [0.3, 0.4) is 0 Å². The molecule has 37 heavy (non-hydrogen) atoms. The first-order chi connectivity index (χ1) is 17.9. The Balaban J connectivity index is 1.33. The Morgan fingerprint density at radius 2 is 2.03 bits per heavy atom. The lowest BCUT2D eigenvalue weighted by atomic mass is 9.84. The third-order valence-electron chi connectivity index (χ3n) is 7.77. The van der Waals surface area contributed by atoms with Crippen molar-refractivity contribution in [2.45, 2.75) is 63.5 Å². The van der Waals surface area contributed by atoms with E-state index in [1.54, 1.807) is 18.4 Å². The van der Waals surface area contributed by atoms with Gasteiger partial charge in [-0.2, -0.15) is 0 Å². The van der Waals surface area contributed by atoms with Gasteiger partial charge in [0.15, 0.2) is 6.17 Å². The molecule has 8 heteroatoms. The Morgan fingerprint density at radius 1 is 1.24 bits per heavy atom. The van der Waals surface area contributed by atoms with Gasteiger partial charge in [-0.1, -0.05) is 31.1 Å². The lowest BCUT2D eigenvalue weighted by Gasteiger charge is -2.31. The van der Waals surface area contributed by atoms with Gasteiger partial charge in [-0.05, 0) is 61.7 Å². The number of aliphatic imine (C=N–C) groups is 1. The Labute approximate surface area is 216 Å². The van der Waals surface area contributed by atoms with Crippen molar-refractivity contribution in [2.75, 3.05) is 19.5 Å². The summed E-state index contributed by atoms with van der Waals surface area (Å²) in [7, 11) is 3.32. The number of halogens is 2. The molecule has 1 aromatic rings. The van der Waals surface area contributed by atoms with E-state index >= 15 is 0 Å². The fraction of sp³-hybridized carbons (Fsp3) is 0.448. The summed E-state index contributed by atoms with van der Waals surface area (Å²) in [6, 6.07) is 5.99. The van der Waals surface area contributed by atoms with Crippen LogP contribution in [0.4, 0.5) is 14.5 Å². The topological polar surface area (TPSA) is 66.0 Å². The highest BCUT2D eigenvalue weighted by Crippen LogP contribution is 2.39. The number of hydrogen-bond donors (Lipinski definition) is 2. The lowest BCUT2D eigenvalue weighted by molar-refractivity contribution is 0.0701. The number of carbonyl (C=O) groups excluding carboxylic acids is 1. The molecule has 0 bridgehead atoms. The molecule has 2 N–H and O–H groups in total. The smallest absolute Gasteiger partial charge is 0.251 e. The molecule has 0 saturated heterocycles. The average Bonchev–Trinajstić information content (AvgIpc) is 3.51. The molecular formula is C29H34F2N4O2. The first kappa shape index (κ1) is 25.4. The molecule has 2 heterocycles. The van der Waals surface area contributed by atoms with E-state index in [1.165, 1.54) is 20.0 Å². The summed E-state index contributed by atoms with van der Waals surface area (Å²) < 4.78 is 34.6. The number of methoxy groups -OCH3 is 1. The van der Waals surface area contributed by atoms with Gasteiger partial charge in [0.2, 0.25) is 0 Å². The van der Waals surface area contributed by atoms with Crippen LogP contribution in [0, 0.1) is 12.8 Å². The van der Waals surface area contributed by atoms with Gasteiger partial charge in [0.05, 0.1) is 5.71 Å². The second-order valence-electron chi connectivity index (χ2n) is 10.2. The second-order valence-corrected chi connectivity index (χ2v) is 10.2. The molecule has 0 aromatic heterocycles. The van der Waals surface area contributed by atoms with Crippen molar-refractivity contribution < 1.29 is 18.3 Å². The van der Waals surface area contributed by atoms with E-state index in [2.05, 4.69) is 15.6 Å². The van der Waals surface area contributed by atoms with Crippen LogP contribution in [0.1, 0.15) is 48.0 Å². The quantitative estimate of drug-likeness (QED) is 0.543. The number of aryl methyl sites for hydroxylation is 1. The summed E-state index contributed by atoms with van der Waals surface area (Å²) in [6.07, 6.45) is 10.8. The van der Waals surface area contributed by atoms with Gasteiger partial charge in [0.25, 0.3) is 5.91 Å². The van der Waals surface area contributed by atoms with Crippen LogP contribution in [0.25, 0.3) is 0 Å². The number of nitrogens with one attached hydrogen (secondary N) is 2. The zero-order valence-electron chi connectivity index (χ0n) is 21.5. The molecule has 1 aromatic carbocycles. The van der Waals surface area contributed by atoms with Crippen molar-refractivity contribution in [1.29, 1.82) is 0 Å². The monoisotopic (exact) mass is 508 g/mol. The number of nitrogens with zero attached hydrogens (tertiary/aromatic N) is 2. The minimum atomic E-state index is -1.83. The SMILES string of the molecule is COC1C=CC(C2=CN=C3C2CC=CN(C)C3Nc2ccc(C(=O)NC3CCCC3)c(C)c2)=C(F)C1F. The van der Waals surface area contributed by atoms with Gasteiger partial charge in [0, 0.05) is 49.1 Å². The van der Waals surface area contributed by atoms with Crippen LogP contribution in [-0.2, 0) is 4.74 Å². The van der Waals surface area contributed by atoms with E-state index in [-0.39, 0.29) is 29.6 Å². The predicted octanol–water partition coefficient (Wildman–Crippen LogP) is 5.36.